The van der Waals surface area contributed by atoms with Crippen molar-refractivity contribution >= 4 is 17.5 Å². The topological polar surface area (TPSA) is 125 Å². The molecule has 1 heterocycles. The average molecular weight is 396 g/mol. The molecule has 158 valence electrons. The third-order valence-electron chi connectivity index (χ3n) is 5.52. The van der Waals surface area contributed by atoms with Gasteiger partial charge in [-0.15, -0.1) is 0 Å². The maximum Gasteiger partial charge on any atom is 0.333 e. The number of esters is 1. The van der Waals surface area contributed by atoms with E-state index >= 15 is 0 Å². The van der Waals surface area contributed by atoms with Gasteiger partial charge in [-0.25, -0.2) is 4.79 Å². The Morgan fingerprint density at radius 1 is 1.32 bits per heavy atom. The average Bonchev–Trinajstić information content (AvgIpc) is 2.66. The molecule has 0 radical (unpaired) electrons. The zero-order valence-electron chi connectivity index (χ0n) is 17.6. The summed E-state index contributed by atoms with van der Waals surface area (Å²) in [5, 5.41) is 3.01. The molecule has 1 rings (SSSR count). The maximum atomic E-state index is 12.9. The number of ether oxygens (including phenoxy) is 2. The lowest BCUT2D eigenvalue weighted by atomic mass is 9.80. The van der Waals surface area contributed by atoms with E-state index in [1.165, 1.54) is 20.1 Å². The van der Waals surface area contributed by atoms with Crippen LogP contribution in [0.1, 0.15) is 60.3 Å². The number of allylic oxidation sites excluding steroid dienone is 1. The van der Waals surface area contributed by atoms with Crippen molar-refractivity contribution in [3.05, 3.63) is 16.6 Å². The summed E-state index contributed by atoms with van der Waals surface area (Å²) in [6.07, 6.45) is 1.65. The van der Waals surface area contributed by atoms with Crippen LogP contribution in [-0.2, 0) is 23.9 Å². The van der Waals surface area contributed by atoms with E-state index in [0.29, 0.717) is 18.4 Å². The van der Waals surface area contributed by atoms with Gasteiger partial charge in [-0.3, -0.25) is 9.59 Å². The summed E-state index contributed by atoms with van der Waals surface area (Å²) in [6.45, 7) is 8.11. The highest BCUT2D eigenvalue weighted by molar-refractivity contribution is 6.08. The number of nitrogens with zero attached hydrogens (tertiary/aromatic N) is 1. The van der Waals surface area contributed by atoms with Crippen LogP contribution in [0.15, 0.2) is 16.8 Å². The van der Waals surface area contributed by atoms with Crippen molar-refractivity contribution in [2.75, 3.05) is 7.11 Å². The number of cyclic esters (lactones) is 1. The van der Waals surface area contributed by atoms with Crippen molar-refractivity contribution in [1.82, 2.24) is 0 Å². The van der Waals surface area contributed by atoms with E-state index in [1.54, 1.807) is 20.8 Å². The molecule has 0 aromatic heterocycles. The summed E-state index contributed by atoms with van der Waals surface area (Å²) in [5.41, 5.74) is 3.80. The lowest BCUT2D eigenvalue weighted by Gasteiger charge is -2.33. The van der Waals surface area contributed by atoms with Crippen LogP contribution in [0.4, 0.5) is 0 Å². The number of methoxy groups -OCH3 is 1. The molecule has 2 N–H and O–H groups in total. The third kappa shape index (κ3) is 5.54. The fourth-order valence-corrected chi connectivity index (χ4v) is 3.42. The molecule has 0 saturated heterocycles. The van der Waals surface area contributed by atoms with Gasteiger partial charge in [0.1, 0.15) is 12.1 Å². The molecule has 0 fully saturated rings. The maximum absolute atomic E-state index is 12.9. The van der Waals surface area contributed by atoms with Gasteiger partial charge in [-0.1, -0.05) is 19.0 Å². The molecule has 0 bridgehead atoms. The molecule has 0 spiro atoms. The largest absolute Gasteiger partial charge is 0.458 e. The minimum Gasteiger partial charge on any atom is -0.458 e. The number of nitrogens with two attached hydrogens (primary N) is 1. The summed E-state index contributed by atoms with van der Waals surface area (Å²) in [6, 6.07) is -1.04. The second-order valence-electron chi connectivity index (χ2n) is 8.05. The number of rotatable bonds is 3. The number of carbonyl (C=O) groups excluding carboxylic acids is 3. The smallest absolute Gasteiger partial charge is 0.333 e. The predicted molar refractivity (Wildman–Crippen MR) is 105 cm³/mol. The Morgan fingerprint density at radius 3 is 2.43 bits per heavy atom. The first kappa shape index (κ1) is 24.1. The van der Waals surface area contributed by atoms with Crippen molar-refractivity contribution in [2.45, 2.75) is 83.6 Å². The second-order valence-corrected chi connectivity index (χ2v) is 8.05. The summed E-state index contributed by atoms with van der Waals surface area (Å²) in [7, 11) is 1.52. The predicted octanol–water partition coefficient (Wildman–Crippen LogP) is 2.47. The van der Waals surface area contributed by atoms with Crippen LogP contribution in [0, 0.1) is 10.8 Å². The first-order valence-electron chi connectivity index (χ1n) is 9.55. The van der Waals surface area contributed by atoms with Gasteiger partial charge in [0.15, 0.2) is 17.1 Å². The Bertz CT molecular complexity index is 657. The molecule has 0 aromatic carbocycles. The summed E-state index contributed by atoms with van der Waals surface area (Å²) in [5.74, 6) is -2.15. The van der Waals surface area contributed by atoms with Gasteiger partial charge in [0.25, 0.3) is 0 Å². The number of ketones is 2. The van der Waals surface area contributed by atoms with E-state index in [9.17, 15) is 19.3 Å². The van der Waals surface area contributed by atoms with Crippen LogP contribution in [0.3, 0.4) is 0 Å². The second kappa shape index (κ2) is 9.52. The molecule has 5 atom stereocenters. The monoisotopic (exact) mass is 396 g/mol. The normalized spacial score (nSPS) is 38.2. The van der Waals surface area contributed by atoms with Gasteiger partial charge >= 0.3 is 5.97 Å². The first-order chi connectivity index (χ1) is 12.9. The van der Waals surface area contributed by atoms with E-state index in [1.807, 2.05) is 6.92 Å². The molecule has 8 nitrogen and oxygen atoms in total. The summed E-state index contributed by atoms with van der Waals surface area (Å²) >= 11 is 0. The van der Waals surface area contributed by atoms with Crippen LogP contribution in [-0.4, -0.2) is 47.9 Å². The van der Waals surface area contributed by atoms with E-state index in [2.05, 4.69) is 5.18 Å². The molecule has 0 saturated carbocycles. The Kier molecular flexibility index (Phi) is 8.19. The molecule has 0 aromatic rings. The van der Waals surface area contributed by atoms with Gasteiger partial charge in [-0.05, 0) is 51.7 Å². The lowest BCUT2D eigenvalue weighted by molar-refractivity contribution is -0.160. The highest BCUT2D eigenvalue weighted by atomic mass is 16.5. The van der Waals surface area contributed by atoms with Crippen LogP contribution in [0.5, 0.6) is 0 Å². The summed E-state index contributed by atoms with van der Waals surface area (Å²) in [4.78, 5) is 49.3. The van der Waals surface area contributed by atoms with Crippen molar-refractivity contribution in [1.29, 1.82) is 0 Å². The number of Topliss-reactive ketones (excluding diaryl/α,β-unsaturated/α-hetero) is 2. The van der Waals surface area contributed by atoms with Crippen molar-refractivity contribution < 1.29 is 23.9 Å². The zero-order chi connectivity index (χ0) is 21.7. The minimum absolute atomic E-state index is 0.155. The van der Waals surface area contributed by atoms with E-state index in [-0.39, 0.29) is 18.6 Å². The highest BCUT2D eigenvalue weighted by Gasteiger charge is 2.44. The quantitative estimate of drug-likeness (QED) is 0.441. The standard InChI is InChI=1S/C20H32N2O6/c1-7-16-14(22-26)10-12(2)15(23)8-9-19(4,27-6)11-13(3)17(24)20(5,21)18(25)28-16/h10,13-14,16H,7-9,11,21H2,1-6H3/b12-10+/t13-,14+,16-,19?,20+/m1/s1. The summed E-state index contributed by atoms with van der Waals surface area (Å²) < 4.78 is 10.9. The van der Waals surface area contributed by atoms with Gasteiger partial charge in [0.2, 0.25) is 0 Å². The highest BCUT2D eigenvalue weighted by Crippen LogP contribution is 2.29. The van der Waals surface area contributed by atoms with Gasteiger partial charge in [-0.2, -0.15) is 4.91 Å². The zero-order valence-corrected chi connectivity index (χ0v) is 17.6. The van der Waals surface area contributed by atoms with Crippen LogP contribution in [0.25, 0.3) is 0 Å². The van der Waals surface area contributed by atoms with Gasteiger partial charge in [0.05, 0.1) is 5.60 Å². The molecule has 1 aliphatic rings. The van der Waals surface area contributed by atoms with Crippen LogP contribution in [0.2, 0.25) is 0 Å². The molecular formula is C20H32N2O6. The van der Waals surface area contributed by atoms with Crippen molar-refractivity contribution in [3.8, 4) is 0 Å². The number of hydrogen-bond acceptors (Lipinski definition) is 8. The van der Waals surface area contributed by atoms with Crippen LogP contribution < -0.4 is 5.73 Å². The Morgan fingerprint density at radius 2 is 1.93 bits per heavy atom. The molecular weight excluding hydrogens is 364 g/mol. The number of nitroso groups, excluding NO2 is 1. The first-order valence-corrected chi connectivity index (χ1v) is 9.55. The van der Waals surface area contributed by atoms with Crippen LogP contribution >= 0.6 is 0 Å². The Labute approximate surface area is 166 Å². The van der Waals surface area contributed by atoms with Crippen molar-refractivity contribution in [2.24, 2.45) is 16.8 Å². The minimum atomic E-state index is -1.87. The number of hydrogen-bond donors (Lipinski definition) is 1. The third-order valence-corrected chi connectivity index (χ3v) is 5.52. The van der Waals surface area contributed by atoms with Crippen molar-refractivity contribution in [3.63, 3.8) is 0 Å². The molecule has 1 aliphatic heterocycles. The lowest BCUT2D eigenvalue weighted by Crippen LogP contribution is -2.57. The molecule has 0 amide bonds. The molecule has 0 aliphatic carbocycles. The van der Waals surface area contributed by atoms with E-state index in [4.69, 9.17) is 15.2 Å². The van der Waals surface area contributed by atoms with E-state index < -0.39 is 41.0 Å². The Hall–Kier alpha value is -1.93. The molecule has 8 heteroatoms. The molecule has 28 heavy (non-hydrogen) atoms. The van der Waals surface area contributed by atoms with Gasteiger partial charge in [0, 0.05) is 19.4 Å². The van der Waals surface area contributed by atoms with E-state index in [0.717, 1.165) is 0 Å². The number of carbonyl (C=O) groups is 3. The Balaban J connectivity index is 3.39. The molecule has 1 unspecified atom stereocenters. The van der Waals surface area contributed by atoms with Gasteiger partial charge < -0.3 is 15.2 Å². The SMILES string of the molecule is CC[C@H]1OC(=O)[C@@](C)(N)C(=O)[C@H](C)CC(C)(OC)CCC(=O)/C(C)=C/[C@@H]1N=O. The fraction of sp³-hybridized carbons (Fsp3) is 0.750. The fourth-order valence-electron chi connectivity index (χ4n) is 3.42.